The zero-order valence-electron chi connectivity index (χ0n) is 15.9. The minimum Gasteiger partial charge on any atom is -0.469 e. The summed E-state index contributed by atoms with van der Waals surface area (Å²) in [5, 5.41) is 0. The number of methoxy groups -OCH3 is 1. The van der Waals surface area contributed by atoms with Crippen LogP contribution in [-0.2, 0) is 9.53 Å². The van der Waals surface area contributed by atoms with Gasteiger partial charge in [0.15, 0.2) is 0 Å². The predicted octanol–water partition coefficient (Wildman–Crippen LogP) is 5.76. The normalized spacial score (nSPS) is 34.6. The van der Waals surface area contributed by atoms with Crippen LogP contribution in [0.1, 0.15) is 79.1 Å². The molecule has 0 aromatic carbocycles. The van der Waals surface area contributed by atoms with Gasteiger partial charge in [-0.1, -0.05) is 46.3 Å². The number of allylic oxidation sites excluding steroid dienone is 1. The van der Waals surface area contributed by atoms with Crippen LogP contribution in [0.2, 0.25) is 0 Å². The summed E-state index contributed by atoms with van der Waals surface area (Å²) < 4.78 is 4.81. The summed E-state index contributed by atoms with van der Waals surface area (Å²) in [5.74, 6) is 1.76. The summed E-state index contributed by atoms with van der Waals surface area (Å²) in [6.45, 7) is 14.1. The maximum absolute atomic E-state index is 11.5. The SMILES string of the molecule is C=C1CC[C@H]2C(C)(C)CCC[C@]2(C)[C@H]1CCC(C)CC(=O)OC. The lowest BCUT2D eigenvalue weighted by Crippen LogP contribution is -2.49. The molecule has 2 aliphatic rings. The Morgan fingerprint density at radius 3 is 2.70 bits per heavy atom. The molecule has 132 valence electrons. The van der Waals surface area contributed by atoms with E-state index in [0.29, 0.717) is 29.1 Å². The van der Waals surface area contributed by atoms with E-state index in [4.69, 9.17) is 4.74 Å². The van der Waals surface area contributed by atoms with Gasteiger partial charge >= 0.3 is 5.97 Å². The molecule has 2 nitrogen and oxygen atoms in total. The number of hydrogen-bond donors (Lipinski definition) is 0. The third-order valence-corrected chi connectivity index (χ3v) is 7.01. The second-order valence-electron chi connectivity index (χ2n) is 9.11. The third-order valence-electron chi connectivity index (χ3n) is 7.01. The van der Waals surface area contributed by atoms with Crippen molar-refractivity contribution in [2.75, 3.05) is 7.11 Å². The molecule has 0 spiro atoms. The molecule has 23 heavy (non-hydrogen) atoms. The largest absolute Gasteiger partial charge is 0.469 e. The minimum atomic E-state index is -0.0807. The van der Waals surface area contributed by atoms with Gasteiger partial charge in [0.2, 0.25) is 0 Å². The lowest BCUT2D eigenvalue weighted by atomic mass is 9.47. The van der Waals surface area contributed by atoms with Crippen molar-refractivity contribution in [2.24, 2.45) is 28.6 Å². The molecule has 0 saturated heterocycles. The molecule has 0 amide bonds. The van der Waals surface area contributed by atoms with Gasteiger partial charge in [-0.05, 0) is 67.1 Å². The van der Waals surface area contributed by atoms with Crippen LogP contribution in [0.4, 0.5) is 0 Å². The first-order chi connectivity index (χ1) is 10.7. The molecule has 0 radical (unpaired) electrons. The van der Waals surface area contributed by atoms with Crippen molar-refractivity contribution >= 4 is 5.97 Å². The van der Waals surface area contributed by atoms with Crippen LogP contribution in [0.25, 0.3) is 0 Å². The highest BCUT2D eigenvalue weighted by molar-refractivity contribution is 5.69. The van der Waals surface area contributed by atoms with E-state index in [1.54, 1.807) is 0 Å². The van der Waals surface area contributed by atoms with E-state index in [2.05, 4.69) is 34.3 Å². The zero-order valence-corrected chi connectivity index (χ0v) is 15.9. The van der Waals surface area contributed by atoms with Gasteiger partial charge in [0.1, 0.15) is 0 Å². The van der Waals surface area contributed by atoms with Gasteiger partial charge < -0.3 is 4.74 Å². The molecular weight excluding hydrogens is 284 g/mol. The zero-order chi connectivity index (χ0) is 17.3. The highest BCUT2D eigenvalue weighted by Crippen LogP contribution is 2.61. The maximum atomic E-state index is 11.5. The van der Waals surface area contributed by atoms with Crippen LogP contribution >= 0.6 is 0 Å². The topological polar surface area (TPSA) is 26.3 Å². The number of ether oxygens (including phenoxy) is 1. The quantitative estimate of drug-likeness (QED) is 0.475. The Bertz CT molecular complexity index is 451. The lowest BCUT2D eigenvalue weighted by Gasteiger charge is -2.58. The summed E-state index contributed by atoms with van der Waals surface area (Å²) in [6.07, 6.45) is 9.39. The van der Waals surface area contributed by atoms with Gasteiger partial charge in [0.25, 0.3) is 0 Å². The van der Waals surface area contributed by atoms with Crippen LogP contribution in [0.15, 0.2) is 12.2 Å². The average Bonchev–Trinajstić information content (AvgIpc) is 2.45. The van der Waals surface area contributed by atoms with E-state index in [1.807, 2.05) is 0 Å². The van der Waals surface area contributed by atoms with Crippen molar-refractivity contribution in [3.63, 3.8) is 0 Å². The van der Waals surface area contributed by atoms with Crippen LogP contribution < -0.4 is 0 Å². The van der Waals surface area contributed by atoms with E-state index in [9.17, 15) is 4.79 Å². The minimum absolute atomic E-state index is 0.0807. The van der Waals surface area contributed by atoms with Gasteiger partial charge in [0.05, 0.1) is 7.11 Å². The molecule has 2 saturated carbocycles. The Balaban J connectivity index is 2.06. The molecule has 0 N–H and O–H groups in total. The third kappa shape index (κ3) is 3.83. The highest BCUT2D eigenvalue weighted by Gasteiger charge is 2.52. The second kappa shape index (κ2) is 6.99. The Labute approximate surface area is 143 Å². The van der Waals surface area contributed by atoms with Gasteiger partial charge in [-0.15, -0.1) is 0 Å². The van der Waals surface area contributed by atoms with Gasteiger partial charge in [0, 0.05) is 6.42 Å². The Morgan fingerprint density at radius 1 is 1.35 bits per heavy atom. The molecule has 2 rings (SSSR count). The molecule has 0 heterocycles. The van der Waals surface area contributed by atoms with Crippen LogP contribution in [0.3, 0.4) is 0 Å². The molecule has 2 aliphatic carbocycles. The molecular formula is C21H36O2. The average molecular weight is 321 g/mol. The molecule has 4 atom stereocenters. The molecule has 0 aromatic rings. The fourth-order valence-corrected chi connectivity index (χ4v) is 5.73. The predicted molar refractivity (Wildman–Crippen MR) is 96.1 cm³/mol. The van der Waals surface area contributed by atoms with Crippen molar-refractivity contribution in [1.29, 1.82) is 0 Å². The lowest BCUT2D eigenvalue weighted by molar-refractivity contribution is -0.141. The monoisotopic (exact) mass is 320 g/mol. The van der Waals surface area contributed by atoms with Gasteiger partial charge in [-0.3, -0.25) is 4.79 Å². The van der Waals surface area contributed by atoms with Crippen molar-refractivity contribution in [3.8, 4) is 0 Å². The number of esters is 1. The van der Waals surface area contributed by atoms with Gasteiger partial charge in [-0.25, -0.2) is 0 Å². The number of hydrogen-bond acceptors (Lipinski definition) is 2. The van der Waals surface area contributed by atoms with Crippen molar-refractivity contribution in [1.82, 2.24) is 0 Å². The maximum Gasteiger partial charge on any atom is 0.305 e. The van der Waals surface area contributed by atoms with Crippen LogP contribution in [0, 0.1) is 28.6 Å². The van der Waals surface area contributed by atoms with Crippen molar-refractivity contribution in [2.45, 2.75) is 79.1 Å². The second-order valence-corrected chi connectivity index (χ2v) is 9.11. The Morgan fingerprint density at radius 2 is 2.04 bits per heavy atom. The number of fused-ring (bicyclic) bond motifs is 1. The standard InChI is InChI=1S/C21H36O2/c1-15(14-19(22)23-6)8-10-17-16(2)9-11-18-20(3,4)12-7-13-21(17,18)5/h15,17-18H,2,7-14H2,1,3-6H3/t15?,17-,18-,21+/m0/s1. The fourth-order valence-electron chi connectivity index (χ4n) is 5.73. The van der Waals surface area contributed by atoms with Crippen molar-refractivity contribution in [3.05, 3.63) is 12.2 Å². The summed E-state index contributed by atoms with van der Waals surface area (Å²) >= 11 is 0. The van der Waals surface area contributed by atoms with E-state index in [0.717, 1.165) is 12.3 Å². The molecule has 2 heteroatoms. The smallest absolute Gasteiger partial charge is 0.305 e. The molecule has 0 bridgehead atoms. The van der Waals surface area contributed by atoms with E-state index < -0.39 is 0 Å². The molecule has 0 aliphatic heterocycles. The summed E-state index contributed by atoms with van der Waals surface area (Å²) in [6, 6.07) is 0. The van der Waals surface area contributed by atoms with E-state index in [-0.39, 0.29) is 5.97 Å². The molecule has 2 fully saturated rings. The van der Waals surface area contributed by atoms with Crippen LogP contribution in [-0.4, -0.2) is 13.1 Å². The number of rotatable bonds is 5. The van der Waals surface area contributed by atoms with E-state index >= 15 is 0 Å². The number of carbonyl (C=O) groups is 1. The Hall–Kier alpha value is -0.790. The summed E-state index contributed by atoms with van der Waals surface area (Å²) in [5.41, 5.74) is 2.33. The molecule has 1 unspecified atom stereocenters. The summed E-state index contributed by atoms with van der Waals surface area (Å²) in [4.78, 5) is 11.5. The Kier molecular flexibility index (Phi) is 5.63. The van der Waals surface area contributed by atoms with Crippen molar-refractivity contribution < 1.29 is 9.53 Å². The highest BCUT2D eigenvalue weighted by atomic mass is 16.5. The first kappa shape index (κ1) is 18.5. The van der Waals surface area contributed by atoms with E-state index in [1.165, 1.54) is 51.2 Å². The first-order valence-corrected chi connectivity index (χ1v) is 9.45. The van der Waals surface area contributed by atoms with Crippen LogP contribution in [0.5, 0.6) is 0 Å². The number of carbonyl (C=O) groups excluding carboxylic acids is 1. The molecule has 0 aromatic heterocycles. The fraction of sp³-hybridized carbons (Fsp3) is 0.857. The summed E-state index contributed by atoms with van der Waals surface area (Å²) in [7, 11) is 1.48. The van der Waals surface area contributed by atoms with Gasteiger partial charge in [-0.2, -0.15) is 0 Å². The first-order valence-electron chi connectivity index (χ1n) is 9.45.